The average molecular weight is 365 g/mol. The highest BCUT2D eigenvalue weighted by Gasteiger charge is 2.26. The van der Waals surface area contributed by atoms with Crippen molar-refractivity contribution in [2.75, 3.05) is 18.4 Å². The van der Waals surface area contributed by atoms with Crippen LogP contribution in [0.15, 0.2) is 24.8 Å². The Morgan fingerprint density at radius 1 is 1.37 bits per heavy atom. The molecule has 10 heteroatoms. The van der Waals surface area contributed by atoms with Crippen LogP contribution in [0.4, 0.5) is 11.6 Å². The molecule has 0 spiro atoms. The normalized spacial score (nSPS) is 17.0. The molecule has 0 radical (unpaired) electrons. The molecule has 1 aliphatic heterocycles. The number of aryl methyl sites for hydroxylation is 1. The molecule has 1 atom stereocenters. The number of fused-ring (bicyclic) bond motifs is 1. The Hall–Kier alpha value is -3.48. The third-order valence-electron chi connectivity index (χ3n) is 4.62. The van der Waals surface area contributed by atoms with E-state index >= 15 is 0 Å². The summed E-state index contributed by atoms with van der Waals surface area (Å²) in [5.74, 6) is 0.331. The zero-order valence-corrected chi connectivity index (χ0v) is 14.9. The number of likely N-dealkylation sites (tertiary alicyclic amines) is 1. The predicted octanol–water partition coefficient (Wildman–Crippen LogP) is 1.38. The number of aromatic nitrogens is 6. The van der Waals surface area contributed by atoms with Gasteiger partial charge in [0.15, 0.2) is 5.65 Å². The van der Waals surface area contributed by atoms with Crippen LogP contribution >= 0.6 is 0 Å². The van der Waals surface area contributed by atoms with Crippen LogP contribution in [0.2, 0.25) is 0 Å². The van der Waals surface area contributed by atoms with Gasteiger partial charge in [0.05, 0.1) is 35.6 Å². The molecule has 3 aromatic rings. The highest BCUT2D eigenvalue weighted by Crippen LogP contribution is 2.25. The minimum Gasteiger partial charge on any atom is -0.340 e. The fraction of sp³-hybridized carbons (Fsp3) is 0.412. The Kier molecular flexibility index (Phi) is 4.42. The van der Waals surface area contributed by atoms with E-state index in [-0.39, 0.29) is 18.4 Å². The number of nitrogens with one attached hydrogen (secondary N) is 1. The molecule has 0 saturated carbocycles. The number of rotatable bonds is 4. The van der Waals surface area contributed by atoms with Gasteiger partial charge < -0.3 is 10.2 Å². The summed E-state index contributed by atoms with van der Waals surface area (Å²) < 4.78 is 3.55. The van der Waals surface area contributed by atoms with Crippen molar-refractivity contribution in [3.8, 4) is 6.07 Å². The predicted molar refractivity (Wildman–Crippen MR) is 96.9 cm³/mol. The van der Waals surface area contributed by atoms with Crippen LogP contribution in [0.25, 0.3) is 11.0 Å². The molecule has 1 fully saturated rings. The smallest absolute Gasteiger partial charge is 0.236 e. The van der Waals surface area contributed by atoms with Gasteiger partial charge in [-0.2, -0.15) is 20.4 Å². The van der Waals surface area contributed by atoms with E-state index in [0.717, 1.165) is 29.6 Å². The van der Waals surface area contributed by atoms with Gasteiger partial charge in [-0.1, -0.05) is 0 Å². The van der Waals surface area contributed by atoms with E-state index in [1.165, 1.54) is 0 Å². The molecular weight excluding hydrogens is 346 g/mol. The quantitative estimate of drug-likeness (QED) is 0.742. The molecule has 138 valence electrons. The molecule has 4 heterocycles. The molecule has 1 amide bonds. The van der Waals surface area contributed by atoms with Crippen molar-refractivity contribution in [2.24, 2.45) is 7.05 Å². The first-order valence-electron chi connectivity index (χ1n) is 8.74. The van der Waals surface area contributed by atoms with Crippen molar-refractivity contribution in [2.45, 2.75) is 25.3 Å². The van der Waals surface area contributed by atoms with E-state index in [1.807, 2.05) is 24.0 Å². The molecule has 1 N–H and O–H groups in total. The maximum atomic E-state index is 12.1. The maximum Gasteiger partial charge on any atom is 0.236 e. The summed E-state index contributed by atoms with van der Waals surface area (Å²) in [6, 6.07) is 1.95. The number of amides is 1. The van der Waals surface area contributed by atoms with Gasteiger partial charge in [0.2, 0.25) is 11.9 Å². The van der Waals surface area contributed by atoms with Gasteiger partial charge in [-0.3, -0.25) is 9.48 Å². The van der Waals surface area contributed by atoms with E-state index in [2.05, 4.69) is 25.5 Å². The van der Waals surface area contributed by atoms with Gasteiger partial charge in [-0.05, 0) is 12.8 Å². The Morgan fingerprint density at radius 3 is 3.04 bits per heavy atom. The fourth-order valence-electron chi connectivity index (χ4n) is 3.34. The first kappa shape index (κ1) is 17.0. The number of hydrogen-bond acceptors (Lipinski definition) is 7. The molecule has 0 bridgehead atoms. The van der Waals surface area contributed by atoms with Crippen molar-refractivity contribution in [1.82, 2.24) is 34.4 Å². The Labute approximate surface area is 155 Å². The van der Waals surface area contributed by atoms with Crippen molar-refractivity contribution >= 4 is 28.6 Å². The third kappa shape index (κ3) is 3.44. The second-order valence-corrected chi connectivity index (χ2v) is 6.56. The number of piperidine rings is 1. The second-order valence-electron chi connectivity index (χ2n) is 6.56. The number of carbonyl (C=O) groups excluding carboxylic acids is 1. The second kappa shape index (κ2) is 7.03. The monoisotopic (exact) mass is 365 g/mol. The molecule has 10 nitrogen and oxygen atoms in total. The van der Waals surface area contributed by atoms with E-state index in [0.29, 0.717) is 19.0 Å². The van der Waals surface area contributed by atoms with E-state index in [4.69, 9.17) is 5.26 Å². The largest absolute Gasteiger partial charge is 0.340 e. The zero-order valence-electron chi connectivity index (χ0n) is 14.9. The van der Waals surface area contributed by atoms with Gasteiger partial charge in [0.25, 0.3) is 0 Å². The van der Waals surface area contributed by atoms with Gasteiger partial charge in [-0.15, -0.1) is 0 Å². The number of carbonyl (C=O) groups is 1. The highest BCUT2D eigenvalue weighted by molar-refractivity contribution is 5.78. The standard InChI is InChI=1S/C17H19N9O/c1-24-10-13(9-20-24)22-17-19-7-12-8-21-26(16(12)23-17)14-3-2-6-25(11-14)15(27)4-5-18/h7-10,14H,2-4,6,11H2,1H3,(H,19,22,23). The van der Waals surface area contributed by atoms with Crippen LogP contribution in [0.5, 0.6) is 0 Å². The van der Waals surface area contributed by atoms with Crippen molar-refractivity contribution in [3.05, 3.63) is 24.8 Å². The fourth-order valence-corrected chi connectivity index (χ4v) is 3.34. The maximum absolute atomic E-state index is 12.1. The first-order valence-corrected chi connectivity index (χ1v) is 8.74. The van der Waals surface area contributed by atoms with Crippen molar-refractivity contribution in [1.29, 1.82) is 5.26 Å². The molecule has 1 aliphatic rings. The van der Waals surface area contributed by atoms with Crippen LogP contribution in [-0.2, 0) is 11.8 Å². The summed E-state index contributed by atoms with van der Waals surface area (Å²) >= 11 is 0. The third-order valence-corrected chi connectivity index (χ3v) is 4.62. The summed E-state index contributed by atoms with van der Waals surface area (Å²) in [5.41, 5.74) is 1.52. The molecule has 3 aromatic heterocycles. The number of hydrogen-bond donors (Lipinski definition) is 1. The Morgan fingerprint density at radius 2 is 2.26 bits per heavy atom. The van der Waals surface area contributed by atoms with Gasteiger partial charge in [-0.25, -0.2) is 9.67 Å². The van der Waals surface area contributed by atoms with Crippen molar-refractivity contribution in [3.63, 3.8) is 0 Å². The zero-order chi connectivity index (χ0) is 18.8. The molecule has 4 rings (SSSR count). The summed E-state index contributed by atoms with van der Waals surface area (Å²) in [6.07, 6.45) is 8.69. The van der Waals surface area contributed by atoms with Gasteiger partial charge >= 0.3 is 0 Å². The Balaban J connectivity index is 1.59. The lowest BCUT2D eigenvalue weighted by atomic mass is 10.1. The summed E-state index contributed by atoms with van der Waals surface area (Å²) in [5, 5.41) is 21.3. The number of nitrogens with zero attached hydrogens (tertiary/aromatic N) is 8. The van der Waals surface area contributed by atoms with Crippen LogP contribution in [0, 0.1) is 11.3 Å². The van der Waals surface area contributed by atoms with Crippen molar-refractivity contribution < 1.29 is 4.79 Å². The topological polar surface area (TPSA) is 118 Å². The van der Waals surface area contributed by atoms with E-state index in [9.17, 15) is 4.79 Å². The van der Waals surface area contributed by atoms with Gasteiger partial charge in [0.1, 0.15) is 6.42 Å². The van der Waals surface area contributed by atoms with E-state index < -0.39 is 0 Å². The summed E-state index contributed by atoms with van der Waals surface area (Å²) in [4.78, 5) is 22.7. The lowest BCUT2D eigenvalue weighted by molar-refractivity contribution is -0.131. The SMILES string of the molecule is Cn1cc(Nc2ncc3cnn(C4CCCN(C(=O)CC#N)C4)c3n2)cn1. The summed E-state index contributed by atoms with van der Waals surface area (Å²) in [6.45, 7) is 1.21. The average Bonchev–Trinajstić information content (AvgIpc) is 3.28. The molecular formula is C17H19N9O. The highest BCUT2D eigenvalue weighted by atomic mass is 16.2. The van der Waals surface area contributed by atoms with E-state index in [1.54, 1.807) is 28.2 Å². The molecule has 0 aromatic carbocycles. The van der Waals surface area contributed by atoms with Gasteiger partial charge in [0, 0.05) is 32.5 Å². The minimum absolute atomic E-state index is 0.0278. The Bertz CT molecular complexity index is 1020. The number of nitriles is 1. The van der Waals surface area contributed by atoms with Crippen LogP contribution < -0.4 is 5.32 Å². The minimum atomic E-state index is -0.132. The first-order chi connectivity index (χ1) is 13.1. The number of anilines is 2. The van der Waals surface area contributed by atoms with Crippen LogP contribution in [-0.4, -0.2) is 53.4 Å². The molecule has 1 saturated heterocycles. The lowest BCUT2D eigenvalue weighted by Gasteiger charge is -2.32. The molecule has 27 heavy (non-hydrogen) atoms. The van der Waals surface area contributed by atoms with Crippen LogP contribution in [0.1, 0.15) is 25.3 Å². The lowest BCUT2D eigenvalue weighted by Crippen LogP contribution is -2.40. The summed E-state index contributed by atoms with van der Waals surface area (Å²) in [7, 11) is 1.84. The molecule has 0 aliphatic carbocycles. The molecule has 1 unspecified atom stereocenters. The van der Waals surface area contributed by atoms with Crippen LogP contribution in [0.3, 0.4) is 0 Å².